The van der Waals surface area contributed by atoms with E-state index in [1.54, 1.807) is 11.8 Å². The molecule has 0 bridgehead atoms. The molecule has 0 aliphatic heterocycles. The number of nitrogens with zero attached hydrogens (tertiary/aromatic N) is 3. The van der Waals surface area contributed by atoms with Gasteiger partial charge < -0.3 is 0 Å². The van der Waals surface area contributed by atoms with Crippen molar-refractivity contribution in [3.05, 3.63) is 106 Å². The molecule has 0 aliphatic carbocycles. The summed E-state index contributed by atoms with van der Waals surface area (Å²) in [4.78, 5) is 0. The van der Waals surface area contributed by atoms with Gasteiger partial charge >= 0.3 is 0 Å². The molecular weight excluding hydrogens is 398 g/mol. The highest BCUT2D eigenvalue weighted by molar-refractivity contribution is 7.98. The molecule has 1 heterocycles. The van der Waals surface area contributed by atoms with Crippen LogP contribution in [0.2, 0.25) is 5.02 Å². The second kappa shape index (κ2) is 8.85. The van der Waals surface area contributed by atoms with Gasteiger partial charge in [0.15, 0.2) is 5.16 Å². The number of rotatable bonds is 6. The van der Waals surface area contributed by atoms with Gasteiger partial charge in [-0.15, -0.1) is 10.2 Å². The van der Waals surface area contributed by atoms with Crippen molar-refractivity contribution in [3.8, 4) is 5.69 Å². The smallest absolute Gasteiger partial charge is 0.196 e. The Kier molecular flexibility index (Phi) is 6.02. The molecule has 4 rings (SSSR count). The molecule has 0 spiro atoms. The Hall–Kier alpha value is -2.56. The van der Waals surface area contributed by atoms with Gasteiger partial charge in [0.1, 0.15) is 5.82 Å². The molecule has 4 aromatic rings. The van der Waals surface area contributed by atoms with Crippen molar-refractivity contribution in [2.75, 3.05) is 0 Å². The second-order valence-electron chi connectivity index (χ2n) is 7.08. The van der Waals surface area contributed by atoms with Crippen molar-refractivity contribution in [1.29, 1.82) is 0 Å². The van der Waals surface area contributed by atoms with Gasteiger partial charge in [0.2, 0.25) is 0 Å². The first-order chi connectivity index (χ1) is 14.1. The molecule has 0 saturated heterocycles. The van der Waals surface area contributed by atoms with E-state index in [4.69, 9.17) is 11.6 Å². The summed E-state index contributed by atoms with van der Waals surface area (Å²) in [5.74, 6) is 1.72. The second-order valence-corrected chi connectivity index (χ2v) is 8.46. The summed E-state index contributed by atoms with van der Waals surface area (Å²) in [6, 6.07) is 24.8. The first kappa shape index (κ1) is 19.7. The van der Waals surface area contributed by atoms with Crippen LogP contribution in [-0.2, 0) is 12.2 Å². The molecule has 29 heavy (non-hydrogen) atoms. The number of aromatic nitrogens is 3. The van der Waals surface area contributed by atoms with Gasteiger partial charge in [-0.25, -0.2) is 0 Å². The van der Waals surface area contributed by atoms with Gasteiger partial charge in [0, 0.05) is 22.9 Å². The zero-order valence-corrected chi connectivity index (χ0v) is 18.0. The lowest BCUT2D eigenvalue weighted by molar-refractivity contribution is 0.846. The Morgan fingerprint density at radius 1 is 0.828 bits per heavy atom. The van der Waals surface area contributed by atoms with E-state index >= 15 is 0 Å². The van der Waals surface area contributed by atoms with Gasteiger partial charge in [-0.2, -0.15) is 0 Å². The van der Waals surface area contributed by atoms with Crippen molar-refractivity contribution in [3.63, 3.8) is 0 Å². The van der Waals surface area contributed by atoms with Crippen molar-refractivity contribution >= 4 is 23.4 Å². The van der Waals surface area contributed by atoms with Gasteiger partial charge in [0.05, 0.1) is 0 Å². The maximum atomic E-state index is 6.14. The molecular formula is C24H22ClN3S. The van der Waals surface area contributed by atoms with E-state index in [-0.39, 0.29) is 0 Å². The zero-order chi connectivity index (χ0) is 20.2. The molecule has 0 saturated carbocycles. The summed E-state index contributed by atoms with van der Waals surface area (Å²) < 4.78 is 2.18. The van der Waals surface area contributed by atoms with E-state index in [1.165, 1.54) is 22.3 Å². The minimum absolute atomic E-state index is 0.735. The van der Waals surface area contributed by atoms with E-state index in [0.717, 1.165) is 33.9 Å². The zero-order valence-electron chi connectivity index (χ0n) is 16.5. The van der Waals surface area contributed by atoms with E-state index in [0.29, 0.717) is 0 Å². The van der Waals surface area contributed by atoms with Gasteiger partial charge in [0.25, 0.3) is 0 Å². The Labute approximate surface area is 180 Å². The van der Waals surface area contributed by atoms with Gasteiger partial charge in [-0.1, -0.05) is 71.9 Å². The van der Waals surface area contributed by atoms with E-state index in [2.05, 4.69) is 77.1 Å². The van der Waals surface area contributed by atoms with Crippen LogP contribution in [0.4, 0.5) is 0 Å². The van der Waals surface area contributed by atoms with Crippen LogP contribution >= 0.6 is 23.4 Å². The van der Waals surface area contributed by atoms with E-state index in [9.17, 15) is 0 Å². The van der Waals surface area contributed by atoms with Crippen molar-refractivity contribution < 1.29 is 0 Å². The predicted octanol–water partition coefficient (Wildman–Crippen LogP) is 6.42. The summed E-state index contributed by atoms with van der Waals surface area (Å²) in [5, 5.41) is 10.7. The first-order valence-electron chi connectivity index (χ1n) is 9.53. The lowest BCUT2D eigenvalue weighted by Crippen LogP contribution is -2.04. The molecule has 0 unspecified atom stereocenters. The molecule has 5 heteroatoms. The van der Waals surface area contributed by atoms with Crippen LogP contribution in [0.1, 0.15) is 28.1 Å². The van der Waals surface area contributed by atoms with Crippen LogP contribution in [-0.4, -0.2) is 14.8 Å². The molecule has 146 valence electrons. The molecule has 0 N–H and O–H groups in total. The summed E-state index contributed by atoms with van der Waals surface area (Å²) >= 11 is 7.81. The average Bonchev–Trinajstić information content (AvgIpc) is 3.12. The molecule has 0 radical (unpaired) electrons. The van der Waals surface area contributed by atoms with Crippen molar-refractivity contribution in [2.24, 2.45) is 0 Å². The van der Waals surface area contributed by atoms with Gasteiger partial charge in [-0.05, 0) is 60.4 Å². The highest BCUT2D eigenvalue weighted by Gasteiger charge is 2.16. The van der Waals surface area contributed by atoms with Crippen LogP contribution in [0, 0.1) is 13.8 Å². The summed E-state index contributed by atoms with van der Waals surface area (Å²) in [6.45, 7) is 4.27. The largest absolute Gasteiger partial charge is 0.274 e. The number of thioether (sulfide) groups is 1. The number of benzene rings is 3. The monoisotopic (exact) mass is 419 g/mol. The summed E-state index contributed by atoms with van der Waals surface area (Å²) in [5.41, 5.74) is 6.02. The van der Waals surface area contributed by atoms with Crippen LogP contribution in [0.15, 0.2) is 78.0 Å². The standard InChI is InChI=1S/C24H22ClN3S/c1-17-11-12-22(13-18(17)2)28-23(15-19-7-4-3-5-8-19)26-27-24(28)29-16-20-9-6-10-21(25)14-20/h3-14H,15-16H2,1-2H3. The Balaban J connectivity index is 1.69. The lowest BCUT2D eigenvalue weighted by Gasteiger charge is -2.12. The molecule has 0 fully saturated rings. The quantitative estimate of drug-likeness (QED) is 0.338. The van der Waals surface area contributed by atoms with Crippen LogP contribution in [0.3, 0.4) is 0 Å². The third-order valence-electron chi connectivity index (χ3n) is 4.91. The third kappa shape index (κ3) is 4.72. The van der Waals surface area contributed by atoms with Gasteiger partial charge in [-0.3, -0.25) is 4.57 Å². The molecule has 0 aliphatic rings. The first-order valence-corrected chi connectivity index (χ1v) is 10.9. The molecule has 1 aromatic heterocycles. The lowest BCUT2D eigenvalue weighted by atomic mass is 10.1. The van der Waals surface area contributed by atoms with Crippen LogP contribution < -0.4 is 0 Å². The highest BCUT2D eigenvalue weighted by atomic mass is 35.5. The normalized spacial score (nSPS) is 11.0. The Bertz CT molecular complexity index is 1120. The predicted molar refractivity (Wildman–Crippen MR) is 121 cm³/mol. The van der Waals surface area contributed by atoms with E-state index in [1.807, 2.05) is 24.3 Å². The Morgan fingerprint density at radius 2 is 1.62 bits per heavy atom. The minimum Gasteiger partial charge on any atom is -0.274 e. The average molecular weight is 420 g/mol. The van der Waals surface area contributed by atoms with Crippen molar-refractivity contribution in [1.82, 2.24) is 14.8 Å². The molecule has 3 nitrogen and oxygen atoms in total. The van der Waals surface area contributed by atoms with Crippen LogP contribution in [0.25, 0.3) is 5.69 Å². The molecule has 0 atom stereocenters. The number of hydrogen-bond acceptors (Lipinski definition) is 3. The Morgan fingerprint density at radius 3 is 2.38 bits per heavy atom. The number of aryl methyl sites for hydroxylation is 2. The highest BCUT2D eigenvalue weighted by Crippen LogP contribution is 2.28. The maximum Gasteiger partial charge on any atom is 0.196 e. The maximum absolute atomic E-state index is 6.14. The topological polar surface area (TPSA) is 30.7 Å². The fourth-order valence-electron chi connectivity index (χ4n) is 3.19. The summed E-state index contributed by atoms with van der Waals surface area (Å²) in [7, 11) is 0. The van der Waals surface area contributed by atoms with Crippen LogP contribution in [0.5, 0.6) is 0 Å². The minimum atomic E-state index is 0.735. The molecule has 0 amide bonds. The number of hydrogen-bond donors (Lipinski definition) is 0. The molecule has 3 aromatic carbocycles. The summed E-state index contributed by atoms with van der Waals surface area (Å²) in [6.07, 6.45) is 0.735. The SMILES string of the molecule is Cc1ccc(-n2c(Cc3ccccc3)nnc2SCc2cccc(Cl)c2)cc1C. The third-order valence-corrected chi connectivity index (χ3v) is 6.15. The fourth-order valence-corrected chi connectivity index (χ4v) is 4.31. The fraction of sp³-hybridized carbons (Fsp3) is 0.167. The number of halogens is 1. The van der Waals surface area contributed by atoms with E-state index < -0.39 is 0 Å². The van der Waals surface area contributed by atoms with Crippen molar-refractivity contribution in [2.45, 2.75) is 31.2 Å².